The SMILES string of the molecule is Cc1cccc(NC(=O)[C@@H](C)N(c2cccc([N+](=O)[O-])c2)S(C)(=O)=O)c1C. The number of nitrogens with zero attached hydrogens (tertiary/aromatic N) is 2. The number of sulfonamides is 1. The molecule has 0 aliphatic heterocycles. The number of anilines is 2. The number of amides is 1. The van der Waals surface area contributed by atoms with E-state index >= 15 is 0 Å². The van der Waals surface area contributed by atoms with Crippen molar-refractivity contribution >= 4 is 33.0 Å². The van der Waals surface area contributed by atoms with Crippen LogP contribution in [-0.4, -0.2) is 31.5 Å². The quantitative estimate of drug-likeness (QED) is 0.601. The van der Waals surface area contributed by atoms with Gasteiger partial charge in [-0.2, -0.15) is 0 Å². The van der Waals surface area contributed by atoms with Gasteiger partial charge in [0, 0.05) is 17.8 Å². The molecule has 0 saturated heterocycles. The van der Waals surface area contributed by atoms with Crippen molar-refractivity contribution in [3.8, 4) is 0 Å². The molecule has 0 heterocycles. The van der Waals surface area contributed by atoms with Gasteiger partial charge in [0.05, 0.1) is 16.9 Å². The summed E-state index contributed by atoms with van der Waals surface area (Å²) < 4.78 is 25.5. The molecule has 27 heavy (non-hydrogen) atoms. The first-order chi connectivity index (χ1) is 12.5. The molecule has 1 N–H and O–H groups in total. The van der Waals surface area contributed by atoms with E-state index in [1.807, 2.05) is 19.9 Å². The summed E-state index contributed by atoms with van der Waals surface area (Å²) in [6.45, 7) is 5.19. The van der Waals surface area contributed by atoms with Crippen LogP contribution in [0.2, 0.25) is 0 Å². The van der Waals surface area contributed by atoms with E-state index in [2.05, 4.69) is 5.32 Å². The molecule has 0 fully saturated rings. The van der Waals surface area contributed by atoms with Crippen LogP contribution in [0.5, 0.6) is 0 Å². The van der Waals surface area contributed by atoms with Gasteiger partial charge in [0.1, 0.15) is 6.04 Å². The van der Waals surface area contributed by atoms with Crippen molar-refractivity contribution in [3.63, 3.8) is 0 Å². The summed E-state index contributed by atoms with van der Waals surface area (Å²) in [5.74, 6) is -0.541. The predicted molar refractivity (Wildman–Crippen MR) is 104 cm³/mol. The Morgan fingerprint density at radius 1 is 1.19 bits per heavy atom. The van der Waals surface area contributed by atoms with E-state index in [4.69, 9.17) is 0 Å². The van der Waals surface area contributed by atoms with Gasteiger partial charge in [-0.3, -0.25) is 19.2 Å². The number of hydrogen-bond acceptors (Lipinski definition) is 5. The van der Waals surface area contributed by atoms with Crippen molar-refractivity contribution in [3.05, 3.63) is 63.7 Å². The number of aryl methyl sites for hydroxylation is 1. The first-order valence-electron chi connectivity index (χ1n) is 8.13. The highest BCUT2D eigenvalue weighted by atomic mass is 32.2. The predicted octanol–water partition coefficient (Wildman–Crippen LogP) is 3.00. The van der Waals surface area contributed by atoms with Crippen LogP contribution in [0.15, 0.2) is 42.5 Å². The molecule has 1 atom stereocenters. The molecule has 2 aromatic carbocycles. The zero-order valence-corrected chi connectivity index (χ0v) is 16.3. The minimum Gasteiger partial charge on any atom is -0.324 e. The fourth-order valence-corrected chi connectivity index (χ4v) is 3.84. The largest absolute Gasteiger partial charge is 0.324 e. The number of carbonyl (C=O) groups is 1. The molecule has 1 amide bonds. The molecule has 0 unspecified atom stereocenters. The lowest BCUT2D eigenvalue weighted by Gasteiger charge is -2.28. The van der Waals surface area contributed by atoms with Gasteiger partial charge < -0.3 is 5.32 Å². The van der Waals surface area contributed by atoms with Crippen LogP contribution in [0.3, 0.4) is 0 Å². The number of nitro groups is 1. The molecule has 0 aliphatic carbocycles. The van der Waals surface area contributed by atoms with Gasteiger partial charge in [0.2, 0.25) is 15.9 Å². The van der Waals surface area contributed by atoms with Gasteiger partial charge in [-0.1, -0.05) is 18.2 Å². The number of rotatable bonds is 6. The lowest BCUT2D eigenvalue weighted by molar-refractivity contribution is -0.384. The van der Waals surface area contributed by atoms with E-state index < -0.39 is 26.9 Å². The Hall–Kier alpha value is -2.94. The Morgan fingerprint density at radius 3 is 2.41 bits per heavy atom. The molecule has 0 aromatic heterocycles. The Balaban J connectivity index is 2.39. The molecule has 2 aromatic rings. The van der Waals surface area contributed by atoms with E-state index in [0.717, 1.165) is 27.8 Å². The Morgan fingerprint density at radius 2 is 1.81 bits per heavy atom. The number of carbonyl (C=O) groups excluding carboxylic acids is 1. The third-order valence-corrected chi connectivity index (χ3v) is 5.49. The number of nitro benzene ring substituents is 1. The standard InChI is InChI=1S/C18H21N3O5S/c1-12-7-5-10-17(13(12)2)19-18(22)14(3)20(27(4,25)26)15-8-6-9-16(11-15)21(23)24/h5-11,14H,1-4H3,(H,19,22)/t14-/m1/s1. The molecule has 8 nitrogen and oxygen atoms in total. The van der Waals surface area contributed by atoms with Crippen molar-refractivity contribution in [1.29, 1.82) is 0 Å². The van der Waals surface area contributed by atoms with Crippen LogP contribution in [-0.2, 0) is 14.8 Å². The van der Waals surface area contributed by atoms with Gasteiger partial charge >= 0.3 is 0 Å². The first kappa shape index (κ1) is 20.4. The summed E-state index contributed by atoms with van der Waals surface area (Å²) >= 11 is 0. The summed E-state index contributed by atoms with van der Waals surface area (Å²) in [5.41, 5.74) is 2.23. The van der Waals surface area contributed by atoms with Crippen LogP contribution in [0.25, 0.3) is 0 Å². The smallest absolute Gasteiger partial charge is 0.271 e. The highest BCUT2D eigenvalue weighted by molar-refractivity contribution is 7.92. The van der Waals surface area contributed by atoms with Gasteiger partial charge in [-0.05, 0) is 44.0 Å². The van der Waals surface area contributed by atoms with Gasteiger partial charge in [0.25, 0.3) is 5.69 Å². The average molecular weight is 391 g/mol. The number of non-ortho nitro benzene ring substituents is 1. The number of nitrogens with one attached hydrogen (secondary N) is 1. The van der Waals surface area contributed by atoms with Crippen molar-refractivity contribution in [2.75, 3.05) is 15.9 Å². The van der Waals surface area contributed by atoms with E-state index in [0.29, 0.717) is 5.69 Å². The third-order valence-electron chi connectivity index (χ3n) is 4.25. The van der Waals surface area contributed by atoms with Crippen molar-refractivity contribution in [1.82, 2.24) is 0 Å². The fraction of sp³-hybridized carbons (Fsp3) is 0.278. The minimum absolute atomic E-state index is 0.0512. The Kier molecular flexibility index (Phi) is 5.85. The second-order valence-corrected chi connectivity index (χ2v) is 8.11. The summed E-state index contributed by atoms with van der Waals surface area (Å²) in [6, 6.07) is 9.48. The van der Waals surface area contributed by atoms with Crippen LogP contribution in [0.4, 0.5) is 17.1 Å². The molecule has 0 radical (unpaired) electrons. The van der Waals surface area contributed by atoms with Crippen LogP contribution < -0.4 is 9.62 Å². The number of benzene rings is 2. The average Bonchev–Trinajstić information content (AvgIpc) is 2.58. The maximum atomic E-state index is 12.7. The van der Waals surface area contributed by atoms with E-state index in [-0.39, 0.29) is 11.4 Å². The molecular formula is C18H21N3O5S. The highest BCUT2D eigenvalue weighted by Gasteiger charge is 2.30. The van der Waals surface area contributed by atoms with Gasteiger partial charge in [0.15, 0.2) is 0 Å². The van der Waals surface area contributed by atoms with E-state index in [1.165, 1.54) is 25.1 Å². The van der Waals surface area contributed by atoms with Crippen molar-refractivity contribution < 1.29 is 18.1 Å². The molecule has 9 heteroatoms. The topological polar surface area (TPSA) is 110 Å². The summed E-state index contributed by atoms with van der Waals surface area (Å²) in [4.78, 5) is 23.1. The maximum Gasteiger partial charge on any atom is 0.271 e. The molecule has 0 spiro atoms. The highest BCUT2D eigenvalue weighted by Crippen LogP contribution is 2.26. The minimum atomic E-state index is -3.87. The first-order valence-corrected chi connectivity index (χ1v) is 9.98. The number of hydrogen-bond donors (Lipinski definition) is 1. The zero-order valence-electron chi connectivity index (χ0n) is 15.5. The lowest BCUT2D eigenvalue weighted by Crippen LogP contribution is -2.45. The molecule has 2 rings (SSSR count). The van der Waals surface area contributed by atoms with Crippen LogP contribution in [0.1, 0.15) is 18.1 Å². The maximum absolute atomic E-state index is 12.7. The summed E-state index contributed by atoms with van der Waals surface area (Å²) in [7, 11) is -3.87. The molecule has 0 aliphatic rings. The van der Waals surface area contributed by atoms with E-state index in [1.54, 1.807) is 12.1 Å². The van der Waals surface area contributed by atoms with Crippen molar-refractivity contribution in [2.24, 2.45) is 0 Å². The molecular weight excluding hydrogens is 370 g/mol. The normalized spacial score (nSPS) is 12.3. The summed E-state index contributed by atoms with van der Waals surface area (Å²) in [6.07, 6.45) is 0.952. The zero-order chi connectivity index (χ0) is 20.4. The van der Waals surface area contributed by atoms with Gasteiger partial charge in [-0.25, -0.2) is 8.42 Å². The Labute approximate surface area is 158 Å². The van der Waals surface area contributed by atoms with Crippen LogP contribution >= 0.6 is 0 Å². The second kappa shape index (κ2) is 7.75. The van der Waals surface area contributed by atoms with Gasteiger partial charge in [-0.15, -0.1) is 0 Å². The third kappa shape index (κ3) is 4.62. The molecule has 0 bridgehead atoms. The lowest BCUT2D eigenvalue weighted by atomic mass is 10.1. The van der Waals surface area contributed by atoms with Crippen LogP contribution in [0, 0.1) is 24.0 Å². The Bertz CT molecular complexity index is 988. The molecule has 144 valence electrons. The van der Waals surface area contributed by atoms with E-state index in [9.17, 15) is 23.3 Å². The van der Waals surface area contributed by atoms with Crippen molar-refractivity contribution in [2.45, 2.75) is 26.8 Å². The monoisotopic (exact) mass is 391 g/mol. The second-order valence-electron chi connectivity index (χ2n) is 6.25. The molecule has 0 saturated carbocycles. The fourth-order valence-electron chi connectivity index (χ4n) is 2.68. The summed E-state index contributed by atoms with van der Waals surface area (Å²) in [5, 5.41) is 13.7.